The van der Waals surface area contributed by atoms with Gasteiger partial charge in [-0.2, -0.15) is 0 Å². The summed E-state index contributed by atoms with van der Waals surface area (Å²) in [5, 5.41) is 49.9. The molecule has 0 unspecified atom stereocenters. The van der Waals surface area contributed by atoms with Gasteiger partial charge in [-0.05, 0) is 65.9 Å². The second-order valence-corrected chi connectivity index (χ2v) is 14.3. The van der Waals surface area contributed by atoms with Crippen molar-refractivity contribution in [1.29, 1.82) is 0 Å². The molecule has 0 spiro atoms. The lowest BCUT2D eigenvalue weighted by atomic mass is 9.89. The average molecular weight is 754 g/mol. The fourth-order valence-electron chi connectivity index (χ4n) is 6.81. The summed E-state index contributed by atoms with van der Waals surface area (Å²) in [5.41, 5.74) is 18.7. The van der Waals surface area contributed by atoms with E-state index in [0.717, 1.165) is 38.9 Å². The monoisotopic (exact) mass is 753 g/mol. The van der Waals surface area contributed by atoms with Gasteiger partial charge >= 0.3 is 0 Å². The van der Waals surface area contributed by atoms with Crippen LogP contribution in [0.5, 0.6) is 11.5 Å². The molecule has 14 heteroatoms. The summed E-state index contributed by atoms with van der Waals surface area (Å²) < 4.78 is 29.8. The Labute approximate surface area is 318 Å². The van der Waals surface area contributed by atoms with E-state index >= 15 is 0 Å². The minimum atomic E-state index is -0.878. The van der Waals surface area contributed by atoms with Gasteiger partial charge in [0.1, 0.15) is 28.8 Å². The van der Waals surface area contributed by atoms with Gasteiger partial charge < -0.3 is 45.9 Å². The molecule has 0 radical (unpaired) electrons. The first-order valence-corrected chi connectivity index (χ1v) is 18.2. The summed E-state index contributed by atoms with van der Waals surface area (Å²) in [6.07, 6.45) is 2.18. The number of benzene rings is 3. The highest BCUT2D eigenvalue weighted by Gasteiger charge is 2.27. The molecule has 0 amide bonds. The molecule has 0 aliphatic heterocycles. The Bertz CT molecular complexity index is 2240. The van der Waals surface area contributed by atoms with Crippen LogP contribution in [-0.2, 0) is 47.6 Å². The highest BCUT2D eigenvalue weighted by atomic mass is 19.1. The van der Waals surface area contributed by atoms with Gasteiger partial charge in [0.05, 0.1) is 62.2 Å². The average Bonchev–Trinajstić information content (AvgIpc) is 3.76. The molecule has 3 heterocycles. The summed E-state index contributed by atoms with van der Waals surface area (Å²) in [4.78, 5) is 4.77. The normalized spacial score (nSPS) is 12.5. The number of fused-ring (bicyclic) bond motifs is 1. The number of ether oxygens (including phenoxy) is 2. The highest BCUT2D eigenvalue weighted by molar-refractivity contribution is 5.86. The molecule has 290 valence electrons. The van der Waals surface area contributed by atoms with Crippen LogP contribution in [0.15, 0.2) is 72.9 Å². The number of rotatable bonds is 17. The number of aliphatic hydroxyl groups is 2. The Morgan fingerprint density at radius 3 is 2.24 bits per heavy atom. The third kappa shape index (κ3) is 8.89. The maximum atomic E-state index is 14.4. The molecule has 0 saturated heterocycles. The summed E-state index contributed by atoms with van der Waals surface area (Å²) >= 11 is 0. The van der Waals surface area contributed by atoms with Crippen LogP contribution in [0.2, 0.25) is 0 Å². The van der Waals surface area contributed by atoms with E-state index in [1.807, 2.05) is 55.7 Å². The van der Waals surface area contributed by atoms with E-state index in [1.54, 1.807) is 41.2 Å². The van der Waals surface area contributed by atoms with Crippen molar-refractivity contribution in [2.24, 2.45) is 0 Å². The molecular weight excluding hydrogens is 705 g/mol. The standard InChI is InChI=1S/C41H48FN7O6/c1-4-32-38(25-6-10-29(51)11-7-25)35(45-40(44)39(32)26-8-12-30(52)13-9-26)23-55-21-28-19-48(47-46-28)14-5-15-54-22-31(53)20-49-36-18-33(42)34(43)16-27(36)17-37(49)41(2,3)24-50/h6-13,16-19,31,50-53H,4-5,14-15,20-24,43H2,1-3H3,(H2,44,45)/t31-/m1/s1. The highest BCUT2D eigenvalue weighted by Crippen LogP contribution is 2.39. The zero-order valence-corrected chi connectivity index (χ0v) is 31.2. The number of phenolic OH excluding ortho intramolecular Hbond substituents is 2. The Morgan fingerprint density at radius 2 is 1.58 bits per heavy atom. The van der Waals surface area contributed by atoms with E-state index in [1.165, 1.54) is 6.07 Å². The first-order chi connectivity index (χ1) is 26.4. The van der Waals surface area contributed by atoms with Gasteiger partial charge in [-0.25, -0.2) is 9.37 Å². The molecule has 8 N–H and O–H groups in total. The van der Waals surface area contributed by atoms with Gasteiger partial charge in [-0.1, -0.05) is 50.3 Å². The van der Waals surface area contributed by atoms with Crippen LogP contribution in [0.1, 0.15) is 49.8 Å². The molecule has 0 fully saturated rings. The number of anilines is 2. The number of pyridine rings is 1. The van der Waals surface area contributed by atoms with Gasteiger partial charge in [-0.3, -0.25) is 4.68 Å². The number of nitrogens with zero attached hydrogens (tertiary/aromatic N) is 5. The van der Waals surface area contributed by atoms with Crippen molar-refractivity contribution in [2.45, 2.75) is 71.4 Å². The SMILES string of the molecule is CCc1c(-c2ccc(O)cc2)c(N)nc(COCc2cn(CCCOC[C@H](O)Cn3c(C(C)(C)CO)cc4cc(N)c(F)cc43)nn2)c1-c1ccc(O)cc1. The molecule has 0 aliphatic rings. The van der Waals surface area contributed by atoms with Crippen LogP contribution in [0, 0.1) is 5.82 Å². The lowest BCUT2D eigenvalue weighted by molar-refractivity contribution is 0.0257. The van der Waals surface area contributed by atoms with Crippen LogP contribution < -0.4 is 11.5 Å². The van der Waals surface area contributed by atoms with E-state index < -0.39 is 17.3 Å². The van der Waals surface area contributed by atoms with Crippen molar-refractivity contribution in [3.63, 3.8) is 0 Å². The molecular formula is C41H48FN7O6. The Hall–Kier alpha value is -5.54. The number of phenols is 2. The van der Waals surface area contributed by atoms with Gasteiger partial charge in [0.2, 0.25) is 0 Å². The molecule has 6 aromatic rings. The van der Waals surface area contributed by atoms with Crippen molar-refractivity contribution in [3.8, 4) is 33.8 Å². The van der Waals surface area contributed by atoms with Gasteiger partial charge in [0.15, 0.2) is 0 Å². The first-order valence-electron chi connectivity index (χ1n) is 18.2. The number of hydrogen-bond acceptors (Lipinski definition) is 11. The Balaban J connectivity index is 1.04. The molecule has 13 nitrogen and oxygen atoms in total. The Morgan fingerprint density at radius 1 is 0.909 bits per heavy atom. The predicted molar refractivity (Wildman–Crippen MR) is 209 cm³/mol. The molecule has 0 saturated carbocycles. The second-order valence-electron chi connectivity index (χ2n) is 14.3. The van der Waals surface area contributed by atoms with E-state index in [-0.39, 0.29) is 50.2 Å². The maximum absolute atomic E-state index is 14.4. The summed E-state index contributed by atoms with van der Waals surface area (Å²) in [5.74, 6) is 0.109. The van der Waals surface area contributed by atoms with Crippen LogP contribution in [-0.4, -0.2) is 70.9 Å². The number of halogens is 1. The fraction of sp³-hybridized carbons (Fsp3) is 0.341. The number of nitrogen functional groups attached to an aromatic ring is 2. The van der Waals surface area contributed by atoms with Crippen molar-refractivity contribution in [1.82, 2.24) is 24.5 Å². The topological polar surface area (TPSA) is 200 Å². The van der Waals surface area contributed by atoms with Crippen molar-refractivity contribution < 1.29 is 34.3 Å². The minimum absolute atomic E-state index is 0.0389. The van der Waals surface area contributed by atoms with Crippen molar-refractivity contribution in [2.75, 3.05) is 31.3 Å². The quantitative estimate of drug-likeness (QED) is 0.0494. The number of hydrogen-bond donors (Lipinski definition) is 6. The smallest absolute Gasteiger partial charge is 0.148 e. The van der Waals surface area contributed by atoms with E-state index in [0.29, 0.717) is 48.7 Å². The third-order valence-corrected chi connectivity index (χ3v) is 9.63. The number of aromatic hydroxyl groups is 2. The van der Waals surface area contributed by atoms with Gasteiger partial charge in [-0.15, -0.1) is 5.10 Å². The van der Waals surface area contributed by atoms with Crippen LogP contribution in [0.3, 0.4) is 0 Å². The van der Waals surface area contributed by atoms with Crippen LogP contribution in [0.4, 0.5) is 15.9 Å². The fourth-order valence-corrected chi connectivity index (χ4v) is 6.81. The van der Waals surface area contributed by atoms with E-state index in [4.69, 9.17) is 25.9 Å². The maximum Gasteiger partial charge on any atom is 0.148 e. The van der Waals surface area contributed by atoms with Crippen molar-refractivity contribution in [3.05, 3.63) is 101 Å². The number of nitrogens with two attached hydrogens (primary N) is 2. The number of aliphatic hydroxyl groups excluding tert-OH is 2. The molecule has 0 bridgehead atoms. The van der Waals surface area contributed by atoms with E-state index in [9.17, 15) is 24.8 Å². The molecule has 3 aromatic heterocycles. The summed E-state index contributed by atoms with van der Waals surface area (Å²) in [7, 11) is 0. The third-order valence-electron chi connectivity index (χ3n) is 9.63. The number of aromatic nitrogens is 5. The molecule has 6 rings (SSSR count). The number of aryl methyl sites for hydroxylation is 1. The summed E-state index contributed by atoms with van der Waals surface area (Å²) in [6, 6.07) is 18.6. The lowest BCUT2D eigenvalue weighted by Crippen LogP contribution is -2.29. The van der Waals surface area contributed by atoms with Crippen LogP contribution in [0.25, 0.3) is 33.2 Å². The minimum Gasteiger partial charge on any atom is -0.508 e. The molecule has 0 aliphatic carbocycles. The van der Waals surface area contributed by atoms with E-state index in [2.05, 4.69) is 10.3 Å². The van der Waals surface area contributed by atoms with Gasteiger partial charge in [0, 0.05) is 46.8 Å². The lowest BCUT2D eigenvalue weighted by Gasteiger charge is -2.26. The largest absolute Gasteiger partial charge is 0.508 e. The zero-order chi connectivity index (χ0) is 39.3. The molecule has 55 heavy (non-hydrogen) atoms. The molecule has 3 aromatic carbocycles. The second kappa shape index (κ2) is 16.9. The molecule has 1 atom stereocenters. The van der Waals surface area contributed by atoms with Gasteiger partial charge in [0.25, 0.3) is 0 Å². The Kier molecular flexibility index (Phi) is 12.0. The zero-order valence-electron chi connectivity index (χ0n) is 31.2. The summed E-state index contributed by atoms with van der Waals surface area (Å²) in [6.45, 7) is 7.11. The van der Waals surface area contributed by atoms with Crippen molar-refractivity contribution >= 4 is 22.4 Å². The first kappa shape index (κ1) is 39.2. The van der Waals surface area contributed by atoms with Crippen LogP contribution >= 0.6 is 0 Å². The predicted octanol–water partition coefficient (Wildman–Crippen LogP) is 5.69.